The molecule has 1 amide bonds. The topological polar surface area (TPSA) is 32.3 Å². The fourth-order valence-corrected chi connectivity index (χ4v) is 1.60. The number of nitrogens with one attached hydrogen (secondary N) is 1. The van der Waals surface area contributed by atoms with Crippen LogP contribution in [0, 0.1) is 5.92 Å². The standard InChI is InChI=1S/C11H22N2O/c1-7(2)12-10-6-9(10)11(14)13(5)8(3)4/h7-10,12H,6H2,1-5H3. The van der Waals surface area contributed by atoms with E-state index in [0.717, 1.165) is 6.42 Å². The molecule has 1 rings (SSSR count). The zero-order chi connectivity index (χ0) is 10.9. The van der Waals surface area contributed by atoms with Gasteiger partial charge in [-0.2, -0.15) is 0 Å². The van der Waals surface area contributed by atoms with Gasteiger partial charge in [-0.05, 0) is 20.3 Å². The van der Waals surface area contributed by atoms with Gasteiger partial charge in [-0.3, -0.25) is 4.79 Å². The van der Waals surface area contributed by atoms with Gasteiger partial charge < -0.3 is 10.2 Å². The number of carbonyl (C=O) groups excluding carboxylic acids is 1. The highest BCUT2D eigenvalue weighted by atomic mass is 16.2. The Hall–Kier alpha value is -0.570. The summed E-state index contributed by atoms with van der Waals surface area (Å²) in [4.78, 5) is 13.7. The quantitative estimate of drug-likeness (QED) is 0.737. The summed E-state index contributed by atoms with van der Waals surface area (Å²) >= 11 is 0. The fraction of sp³-hybridized carbons (Fsp3) is 0.909. The number of nitrogens with zero attached hydrogens (tertiary/aromatic N) is 1. The smallest absolute Gasteiger partial charge is 0.227 e. The molecule has 1 aliphatic rings. The lowest BCUT2D eigenvalue weighted by molar-refractivity contribution is -0.132. The molecule has 0 heterocycles. The summed E-state index contributed by atoms with van der Waals surface area (Å²) in [5.74, 6) is 0.517. The maximum atomic E-state index is 11.8. The first-order valence-electron chi connectivity index (χ1n) is 5.46. The number of hydrogen-bond acceptors (Lipinski definition) is 2. The van der Waals surface area contributed by atoms with E-state index < -0.39 is 0 Å². The molecule has 0 aromatic rings. The summed E-state index contributed by atoms with van der Waals surface area (Å²) in [5, 5.41) is 3.39. The molecule has 0 aromatic heterocycles. The van der Waals surface area contributed by atoms with Crippen LogP contribution in [0.2, 0.25) is 0 Å². The third kappa shape index (κ3) is 2.71. The van der Waals surface area contributed by atoms with Crippen molar-refractivity contribution in [1.29, 1.82) is 0 Å². The Morgan fingerprint density at radius 1 is 1.36 bits per heavy atom. The van der Waals surface area contributed by atoms with Crippen molar-refractivity contribution < 1.29 is 4.79 Å². The molecule has 0 aliphatic heterocycles. The maximum Gasteiger partial charge on any atom is 0.227 e. The van der Waals surface area contributed by atoms with Crippen LogP contribution in [-0.2, 0) is 4.79 Å². The van der Waals surface area contributed by atoms with Gasteiger partial charge >= 0.3 is 0 Å². The second kappa shape index (κ2) is 4.30. The van der Waals surface area contributed by atoms with Gasteiger partial charge in [0, 0.05) is 25.2 Å². The minimum atomic E-state index is 0.227. The number of rotatable bonds is 4. The summed E-state index contributed by atoms with van der Waals surface area (Å²) in [7, 11) is 1.89. The molecule has 0 radical (unpaired) electrons. The molecule has 1 saturated carbocycles. The van der Waals surface area contributed by atoms with Crippen molar-refractivity contribution in [2.45, 2.75) is 52.2 Å². The molecule has 0 saturated heterocycles. The minimum Gasteiger partial charge on any atom is -0.343 e. The predicted octanol–water partition coefficient (Wildman–Crippen LogP) is 1.24. The third-order valence-corrected chi connectivity index (χ3v) is 2.78. The lowest BCUT2D eigenvalue weighted by Crippen LogP contribution is -2.37. The van der Waals surface area contributed by atoms with Crippen LogP contribution in [0.4, 0.5) is 0 Å². The van der Waals surface area contributed by atoms with Crippen LogP contribution in [0.5, 0.6) is 0 Å². The van der Waals surface area contributed by atoms with E-state index in [2.05, 4.69) is 19.2 Å². The van der Waals surface area contributed by atoms with Crippen LogP contribution in [0.25, 0.3) is 0 Å². The summed E-state index contributed by atoms with van der Waals surface area (Å²) in [6.45, 7) is 8.33. The van der Waals surface area contributed by atoms with E-state index >= 15 is 0 Å². The second-order valence-electron chi connectivity index (χ2n) is 4.81. The predicted molar refractivity (Wildman–Crippen MR) is 58.1 cm³/mol. The maximum absolute atomic E-state index is 11.8. The van der Waals surface area contributed by atoms with Crippen molar-refractivity contribution in [2.75, 3.05) is 7.05 Å². The largest absolute Gasteiger partial charge is 0.343 e. The number of hydrogen-bond donors (Lipinski definition) is 1. The fourth-order valence-electron chi connectivity index (χ4n) is 1.60. The molecule has 2 atom stereocenters. The molecule has 2 unspecified atom stereocenters. The van der Waals surface area contributed by atoms with E-state index in [1.54, 1.807) is 0 Å². The highest BCUT2D eigenvalue weighted by molar-refractivity contribution is 5.82. The SMILES string of the molecule is CC(C)NC1CC1C(=O)N(C)C(C)C. The van der Waals surface area contributed by atoms with Gasteiger partial charge in [-0.25, -0.2) is 0 Å². The van der Waals surface area contributed by atoms with Gasteiger partial charge in [0.25, 0.3) is 0 Å². The molecule has 0 bridgehead atoms. The lowest BCUT2D eigenvalue weighted by Gasteiger charge is -2.21. The average molecular weight is 198 g/mol. The zero-order valence-electron chi connectivity index (χ0n) is 9.87. The van der Waals surface area contributed by atoms with Gasteiger partial charge in [0.15, 0.2) is 0 Å². The van der Waals surface area contributed by atoms with Crippen LogP contribution >= 0.6 is 0 Å². The van der Waals surface area contributed by atoms with E-state index in [0.29, 0.717) is 18.1 Å². The van der Waals surface area contributed by atoms with Crippen LogP contribution in [-0.4, -0.2) is 36.0 Å². The van der Waals surface area contributed by atoms with Crippen molar-refractivity contribution >= 4 is 5.91 Å². The summed E-state index contributed by atoms with van der Waals surface area (Å²) in [6.07, 6.45) is 1.01. The van der Waals surface area contributed by atoms with E-state index in [1.807, 2.05) is 25.8 Å². The normalized spacial score (nSPS) is 25.6. The highest BCUT2D eigenvalue weighted by Gasteiger charge is 2.44. The van der Waals surface area contributed by atoms with Crippen molar-refractivity contribution in [1.82, 2.24) is 10.2 Å². The molecule has 1 aliphatic carbocycles. The van der Waals surface area contributed by atoms with Gasteiger partial charge in [0.05, 0.1) is 5.92 Å². The molecule has 3 nitrogen and oxygen atoms in total. The highest BCUT2D eigenvalue weighted by Crippen LogP contribution is 2.32. The first-order valence-corrected chi connectivity index (χ1v) is 5.46. The average Bonchev–Trinajstić information content (AvgIpc) is 2.80. The van der Waals surface area contributed by atoms with Gasteiger partial charge in [0.1, 0.15) is 0 Å². The summed E-state index contributed by atoms with van der Waals surface area (Å²) in [6, 6.07) is 1.20. The monoisotopic (exact) mass is 198 g/mol. The van der Waals surface area contributed by atoms with Crippen molar-refractivity contribution in [2.24, 2.45) is 5.92 Å². The van der Waals surface area contributed by atoms with Gasteiger partial charge in [0.2, 0.25) is 5.91 Å². The Kier molecular flexibility index (Phi) is 3.53. The van der Waals surface area contributed by atoms with Gasteiger partial charge in [-0.15, -0.1) is 0 Å². The lowest BCUT2D eigenvalue weighted by atomic mass is 10.2. The first-order chi connectivity index (χ1) is 6.43. The van der Waals surface area contributed by atoms with Crippen LogP contribution < -0.4 is 5.32 Å². The van der Waals surface area contributed by atoms with Crippen molar-refractivity contribution in [3.63, 3.8) is 0 Å². The van der Waals surface area contributed by atoms with E-state index in [-0.39, 0.29) is 11.8 Å². The molecule has 1 N–H and O–H groups in total. The molecule has 0 aromatic carbocycles. The van der Waals surface area contributed by atoms with E-state index in [4.69, 9.17) is 0 Å². The number of amides is 1. The Morgan fingerprint density at radius 3 is 2.36 bits per heavy atom. The van der Waals surface area contributed by atoms with Crippen LogP contribution in [0.3, 0.4) is 0 Å². The van der Waals surface area contributed by atoms with E-state index in [9.17, 15) is 4.79 Å². The second-order valence-corrected chi connectivity index (χ2v) is 4.81. The molecule has 0 spiro atoms. The Bertz CT molecular complexity index is 213. The Balaban J connectivity index is 2.35. The minimum absolute atomic E-state index is 0.227. The summed E-state index contributed by atoms with van der Waals surface area (Å²) < 4.78 is 0. The molecule has 14 heavy (non-hydrogen) atoms. The molecular formula is C11H22N2O. The molecule has 82 valence electrons. The Morgan fingerprint density at radius 2 is 1.93 bits per heavy atom. The third-order valence-electron chi connectivity index (χ3n) is 2.78. The number of carbonyl (C=O) groups is 1. The first kappa shape index (κ1) is 11.5. The van der Waals surface area contributed by atoms with Gasteiger partial charge in [-0.1, -0.05) is 13.8 Å². The van der Waals surface area contributed by atoms with Crippen LogP contribution in [0.1, 0.15) is 34.1 Å². The summed E-state index contributed by atoms with van der Waals surface area (Å²) in [5.41, 5.74) is 0. The molecule has 3 heteroatoms. The molecule has 1 fully saturated rings. The van der Waals surface area contributed by atoms with Crippen molar-refractivity contribution in [3.05, 3.63) is 0 Å². The molecular weight excluding hydrogens is 176 g/mol. The zero-order valence-corrected chi connectivity index (χ0v) is 9.87. The van der Waals surface area contributed by atoms with E-state index in [1.165, 1.54) is 0 Å². The Labute approximate surface area is 86.9 Å². The van der Waals surface area contributed by atoms with Crippen LogP contribution in [0.15, 0.2) is 0 Å². The van der Waals surface area contributed by atoms with Crippen molar-refractivity contribution in [3.8, 4) is 0 Å².